The van der Waals surface area contributed by atoms with Crippen LogP contribution in [-0.4, -0.2) is 30.9 Å². The summed E-state index contributed by atoms with van der Waals surface area (Å²) in [7, 11) is 0. The highest BCUT2D eigenvalue weighted by Crippen LogP contribution is 2.26. The van der Waals surface area contributed by atoms with Crippen molar-refractivity contribution in [3.8, 4) is 0 Å². The normalized spacial score (nSPS) is 19.9. The lowest BCUT2D eigenvalue weighted by atomic mass is 10.1. The van der Waals surface area contributed by atoms with Crippen LogP contribution in [0.2, 0.25) is 4.34 Å². The Labute approximate surface area is 104 Å². The van der Waals surface area contributed by atoms with Crippen molar-refractivity contribution < 1.29 is 9.84 Å². The van der Waals surface area contributed by atoms with E-state index >= 15 is 0 Å². The average molecular weight is 262 g/mol. The molecule has 2 N–H and O–H groups in total. The molecule has 0 aliphatic carbocycles. The van der Waals surface area contributed by atoms with Crippen molar-refractivity contribution in [3.63, 3.8) is 0 Å². The zero-order chi connectivity index (χ0) is 11.4. The number of aliphatic hydroxyl groups excluding tert-OH is 1. The van der Waals surface area contributed by atoms with Crippen LogP contribution in [0.25, 0.3) is 0 Å². The second-order valence-corrected chi connectivity index (χ2v) is 5.70. The molecule has 1 aliphatic rings. The molecule has 1 aromatic rings. The molecule has 1 fully saturated rings. The van der Waals surface area contributed by atoms with Gasteiger partial charge < -0.3 is 15.2 Å². The number of hydrogen-bond donors (Lipinski definition) is 2. The first-order valence-electron chi connectivity index (χ1n) is 5.50. The fourth-order valence-corrected chi connectivity index (χ4v) is 2.83. The number of aliphatic hydroxyl groups is 1. The lowest BCUT2D eigenvalue weighted by Crippen LogP contribution is -2.37. The quantitative estimate of drug-likeness (QED) is 0.873. The summed E-state index contributed by atoms with van der Waals surface area (Å²) >= 11 is 7.26. The van der Waals surface area contributed by atoms with E-state index in [0.29, 0.717) is 12.6 Å². The maximum atomic E-state index is 9.92. The maximum Gasteiger partial charge on any atom is 0.101 e. The van der Waals surface area contributed by atoms with Crippen molar-refractivity contribution in [3.05, 3.63) is 21.3 Å². The Morgan fingerprint density at radius 1 is 1.50 bits per heavy atom. The van der Waals surface area contributed by atoms with Crippen molar-refractivity contribution >= 4 is 22.9 Å². The van der Waals surface area contributed by atoms with Crippen molar-refractivity contribution in [1.29, 1.82) is 0 Å². The lowest BCUT2D eigenvalue weighted by Gasteiger charge is -2.24. The molecule has 3 nitrogen and oxygen atoms in total. The summed E-state index contributed by atoms with van der Waals surface area (Å²) in [5, 5.41) is 13.3. The van der Waals surface area contributed by atoms with Gasteiger partial charge in [0.2, 0.25) is 0 Å². The standard InChI is InChI=1S/C11H16ClNO2S/c12-11-2-1-10(16-11)9(14)7-13-8-3-5-15-6-4-8/h1-2,8-9,13-14H,3-7H2. The number of rotatable bonds is 4. The molecule has 0 saturated carbocycles. The summed E-state index contributed by atoms with van der Waals surface area (Å²) in [6.07, 6.45) is 1.59. The molecule has 2 heterocycles. The molecule has 2 rings (SSSR count). The molecular formula is C11H16ClNO2S. The first-order chi connectivity index (χ1) is 7.75. The van der Waals surface area contributed by atoms with Crippen LogP contribution in [0.15, 0.2) is 12.1 Å². The summed E-state index contributed by atoms with van der Waals surface area (Å²) in [5.41, 5.74) is 0. The molecule has 0 bridgehead atoms. The van der Waals surface area contributed by atoms with Gasteiger partial charge in [-0.05, 0) is 25.0 Å². The van der Waals surface area contributed by atoms with Crippen molar-refractivity contribution in [1.82, 2.24) is 5.32 Å². The molecule has 0 aromatic carbocycles. The van der Waals surface area contributed by atoms with Gasteiger partial charge in [-0.25, -0.2) is 0 Å². The van der Waals surface area contributed by atoms with Crippen LogP contribution >= 0.6 is 22.9 Å². The molecule has 1 aliphatic heterocycles. The molecule has 0 amide bonds. The highest BCUT2D eigenvalue weighted by molar-refractivity contribution is 7.16. The van der Waals surface area contributed by atoms with Gasteiger partial charge in [0.25, 0.3) is 0 Å². The van der Waals surface area contributed by atoms with E-state index < -0.39 is 6.10 Å². The van der Waals surface area contributed by atoms with E-state index in [2.05, 4.69) is 5.32 Å². The molecular weight excluding hydrogens is 246 g/mol. The number of hydrogen-bond acceptors (Lipinski definition) is 4. The maximum absolute atomic E-state index is 9.92. The highest BCUT2D eigenvalue weighted by Gasteiger charge is 2.16. The minimum absolute atomic E-state index is 0.458. The van der Waals surface area contributed by atoms with E-state index in [1.807, 2.05) is 12.1 Å². The van der Waals surface area contributed by atoms with Crippen LogP contribution < -0.4 is 5.32 Å². The summed E-state index contributed by atoms with van der Waals surface area (Å²) in [5.74, 6) is 0. The zero-order valence-corrected chi connectivity index (χ0v) is 10.6. The van der Waals surface area contributed by atoms with Crippen LogP contribution in [0.4, 0.5) is 0 Å². The molecule has 90 valence electrons. The predicted octanol–water partition coefficient (Wildman–Crippen LogP) is 2.20. The zero-order valence-electron chi connectivity index (χ0n) is 8.99. The number of halogens is 1. The molecule has 0 spiro atoms. The average Bonchev–Trinajstić information content (AvgIpc) is 2.74. The molecule has 1 aromatic heterocycles. The van der Waals surface area contributed by atoms with Crippen LogP contribution in [0.3, 0.4) is 0 Å². The van der Waals surface area contributed by atoms with E-state index in [1.54, 1.807) is 0 Å². The smallest absolute Gasteiger partial charge is 0.101 e. The predicted molar refractivity (Wildman–Crippen MR) is 66.1 cm³/mol. The van der Waals surface area contributed by atoms with E-state index in [0.717, 1.165) is 35.3 Å². The first-order valence-corrected chi connectivity index (χ1v) is 6.69. The Kier molecular flexibility index (Phi) is 4.61. The van der Waals surface area contributed by atoms with Gasteiger partial charge in [-0.2, -0.15) is 0 Å². The Morgan fingerprint density at radius 2 is 2.25 bits per heavy atom. The number of thiophene rings is 1. The molecule has 1 atom stereocenters. The van der Waals surface area contributed by atoms with Crippen molar-refractivity contribution in [2.24, 2.45) is 0 Å². The summed E-state index contributed by atoms with van der Waals surface area (Å²) in [4.78, 5) is 0.921. The van der Waals surface area contributed by atoms with Crippen LogP contribution in [0.5, 0.6) is 0 Å². The summed E-state index contributed by atoms with van der Waals surface area (Å²) < 4.78 is 6.00. The van der Waals surface area contributed by atoms with Crippen molar-refractivity contribution in [2.45, 2.75) is 25.0 Å². The van der Waals surface area contributed by atoms with Crippen molar-refractivity contribution in [2.75, 3.05) is 19.8 Å². The number of ether oxygens (including phenoxy) is 1. The third-order valence-corrected chi connectivity index (χ3v) is 4.08. The molecule has 16 heavy (non-hydrogen) atoms. The summed E-state index contributed by atoms with van der Waals surface area (Å²) in [6.45, 7) is 2.22. The van der Waals surface area contributed by atoms with Gasteiger partial charge in [0.05, 0.1) is 4.34 Å². The van der Waals surface area contributed by atoms with Gasteiger partial charge in [0, 0.05) is 30.7 Å². The third-order valence-electron chi connectivity index (χ3n) is 2.74. The SMILES string of the molecule is OC(CNC1CCOCC1)c1ccc(Cl)s1. The lowest BCUT2D eigenvalue weighted by molar-refractivity contribution is 0.0726. The van der Waals surface area contributed by atoms with Gasteiger partial charge in [-0.3, -0.25) is 0 Å². The Hall–Kier alpha value is -0.130. The van der Waals surface area contributed by atoms with Gasteiger partial charge in [0.1, 0.15) is 6.10 Å². The van der Waals surface area contributed by atoms with Crippen LogP contribution in [0, 0.1) is 0 Å². The topological polar surface area (TPSA) is 41.5 Å². The van der Waals surface area contributed by atoms with Gasteiger partial charge in [-0.1, -0.05) is 11.6 Å². The van der Waals surface area contributed by atoms with E-state index in [4.69, 9.17) is 16.3 Å². The summed E-state index contributed by atoms with van der Waals surface area (Å²) in [6, 6.07) is 4.17. The van der Waals surface area contributed by atoms with E-state index in [-0.39, 0.29) is 0 Å². The Bertz CT molecular complexity index is 326. The molecule has 1 saturated heterocycles. The Balaban J connectivity index is 1.76. The van der Waals surface area contributed by atoms with Gasteiger partial charge in [-0.15, -0.1) is 11.3 Å². The van der Waals surface area contributed by atoms with E-state index in [9.17, 15) is 5.11 Å². The number of nitrogens with one attached hydrogen (secondary N) is 1. The second-order valence-electron chi connectivity index (χ2n) is 3.95. The highest BCUT2D eigenvalue weighted by atomic mass is 35.5. The molecule has 1 unspecified atom stereocenters. The largest absolute Gasteiger partial charge is 0.386 e. The Morgan fingerprint density at radius 3 is 2.88 bits per heavy atom. The monoisotopic (exact) mass is 261 g/mol. The fraction of sp³-hybridized carbons (Fsp3) is 0.636. The van der Waals surface area contributed by atoms with Crippen LogP contribution in [0.1, 0.15) is 23.8 Å². The minimum Gasteiger partial charge on any atom is -0.386 e. The van der Waals surface area contributed by atoms with Crippen LogP contribution in [-0.2, 0) is 4.74 Å². The molecule has 0 radical (unpaired) electrons. The molecule has 5 heteroatoms. The van der Waals surface area contributed by atoms with E-state index in [1.165, 1.54) is 11.3 Å². The third kappa shape index (κ3) is 3.43. The van der Waals surface area contributed by atoms with Gasteiger partial charge >= 0.3 is 0 Å². The second kappa shape index (κ2) is 5.98. The fourth-order valence-electron chi connectivity index (χ4n) is 1.79. The first kappa shape index (κ1) is 12.3. The minimum atomic E-state index is -0.458. The van der Waals surface area contributed by atoms with Gasteiger partial charge in [0.15, 0.2) is 0 Å².